The fraction of sp³-hybridized carbons (Fsp3) is 0.125. The summed E-state index contributed by atoms with van der Waals surface area (Å²) < 4.78 is 10.2. The van der Waals surface area contributed by atoms with Crippen LogP contribution in [0.25, 0.3) is 0 Å². The van der Waals surface area contributed by atoms with Gasteiger partial charge in [-0.2, -0.15) is 0 Å². The maximum atomic E-state index is 12.2. The molecule has 23 heavy (non-hydrogen) atoms. The third kappa shape index (κ3) is 3.52. The van der Waals surface area contributed by atoms with Gasteiger partial charge in [-0.15, -0.1) is 0 Å². The van der Waals surface area contributed by atoms with Crippen LogP contribution in [0.4, 0.5) is 5.69 Å². The van der Waals surface area contributed by atoms with E-state index < -0.39 is 10.9 Å². The standard InChI is InChI=1S/C16H13NO6/c1-10(18)13-9-11(22-2)7-8-15(13)23-16(19)12-5-3-4-6-14(12)17(20)21/h3-9H,1-2H3. The van der Waals surface area contributed by atoms with E-state index in [2.05, 4.69) is 0 Å². The van der Waals surface area contributed by atoms with Crippen LogP contribution >= 0.6 is 0 Å². The predicted octanol–water partition coefficient (Wildman–Crippen LogP) is 3.03. The maximum absolute atomic E-state index is 12.2. The van der Waals surface area contributed by atoms with Gasteiger partial charge in [0.15, 0.2) is 5.78 Å². The van der Waals surface area contributed by atoms with Gasteiger partial charge in [0.05, 0.1) is 17.6 Å². The zero-order chi connectivity index (χ0) is 17.0. The van der Waals surface area contributed by atoms with Crippen LogP contribution in [0.5, 0.6) is 11.5 Å². The number of benzene rings is 2. The molecule has 2 aromatic carbocycles. The minimum absolute atomic E-state index is 0.0152. The number of Topliss-reactive ketones (excluding diaryl/α,β-unsaturated/α-hetero) is 1. The van der Waals surface area contributed by atoms with Crippen molar-refractivity contribution in [3.05, 3.63) is 63.7 Å². The van der Waals surface area contributed by atoms with Crippen molar-refractivity contribution in [1.82, 2.24) is 0 Å². The van der Waals surface area contributed by atoms with Gasteiger partial charge in [-0.05, 0) is 31.2 Å². The first-order chi connectivity index (χ1) is 10.9. The van der Waals surface area contributed by atoms with E-state index >= 15 is 0 Å². The van der Waals surface area contributed by atoms with E-state index in [0.717, 1.165) is 0 Å². The van der Waals surface area contributed by atoms with Gasteiger partial charge < -0.3 is 9.47 Å². The Balaban J connectivity index is 2.38. The zero-order valence-corrected chi connectivity index (χ0v) is 12.4. The van der Waals surface area contributed by atoms with Gasteiger partial charge in [-0.3, -0.25) is 14.9 Å². The highest BCUT2D eigenvalue weighted by Gasteiger charge is 2.22. The first-order valence-electron chi connectivity index (χ1n) is 6.58. The number of carbonyl (C=O) groups is 2. The molecule has 0 aliphatic heterocycles. The van der Waals surface area contributed by atoms with Crippen molar-refractivity contribution in [1.29, 1.82) is 0 Å². The van der Waals surface area contributed by atoms with Crippen molar-refractivity contribution < 1.29 is 24.0 Å². The molecule has 2 rings (SSSR count). The molecule has 0 amide bonds. The Morgan fingerprint density at radius 1 is 1.09 bits per heavy atom. The number of ketones is 1. The van der Waals surface area contributed by atoms with E-state index in [-0.39, 0.29) is 28.3 Å². The number of carbonyl (C=O) groups excluding carboxylic acids is 2. The minimum atomic E-state index is -0.912. The number of para-hydroxylation sites is 1. The summed E-state index contributed by atoms with van der Waals surface area (Å²) in [5.41, 5.74) is -0.408. The fourth-order valence-corrected chi connectivity index (χ4v) is 1.96. The second-order valence-corrected chi connectivity index (χ2v) is 4.58. The number of esters is 1. The summed E-state index contributed by atoms with van der Waals surface area (Å²) in [5.74, 6) is -0.790. The average Bonchev–Trinajstić information content (AvgIpc) is 2.54. The Morgan fingerprint density at radius 2 is 1.78 bits per heavy atom. The topological polar surface area (TPSA) is 95.7 Å². The molecular formula is C16H13NO6. The molecule has 0 atom stereocenters. The molecule has 0 radical (unpaired) electrons. The van der Waals surface area contributed by atoms with Gasteiger partial charge in [-0.25, -0.2) is 4.79 Å². The monoisotopic (exact) mass is 315 g/mol. The molecule has 0 aliphatic carbocycles. The van der Waals surface area contributed by atoms with E-state index in [1.807, 2.05) is 0 Å². The molecule has 0 saturated heterocycles. The SMILES string of the molecule is COc1ccc(OC(=O)c2ccccc2[N+](=O)[O-])c(C(C)=O)c1. The summed E-state index contributed by atoms with van der Waals surface area (Å²) in [6.07, 6.45) is 0. The number of nitro benzene ring substituents is 1. The summed E-state index contributed by atoms with van der Waals surface area (Å²) in [4.78, 5) is 34.2. The molecule has 7 heteroatoms. The zero-order valence-electron chi connectivity index (χ0n) is 12.4. The lowest BCUT2D eigenvalue weighted by Crippen LogP contribution is -2.13. The van der Waals surface area contributed by atoms with E-state index in [1.165, 1.54) is 56.5 Å². The van der Waals surface area contributed by atoms with Gasteiger partial charge in [0.2, 0.25) is 0 Å². The van der Waals surface area contributed by atoms with Crippen molar-refractivity contribution in [2.45, 2.75) is 6.92 Å². The molecule has 0 saturated carbocycles. The van der Waals surface area contributed by atoms with E-state index in [4.69, 9.17) is 9.47 Å². The Kier molecular flexibility index (Phi) is 4.70. The van der Waals surface area contributed by atoms with Gasteiger partial charge in [0, 0.05) is 6.07 Å². The number of hydrogen-bond donors (Lipinski definition) is 0. The smallest absolute Gasteiger partial charge is 0.350 e. The lowest BCUT2D eigenvalue weighted by molar-refractivity contribution is -0.385. The highest BCUT2D eigenvalue weighted by atomic mass is 16.6. The number of nitrogens with zero attached hydrogens (tertiary/aromatic N) is 1. The highest BCUT2D eigenvalue weighted by Crippen LogP contribution is 2.27. The molecule has 0 spiro atoms. The molecule has 0 aromatic heterocycles. The van der Waals surface area contributed by atoms with Crippen molar-refractivity contribution >= 4 is 17.4 Å². The van der Waals surface area contributed by atoms with Crippen molar-refractivity contribution in [2.24, 2.45) is 0 Å². The first-order valence-corrected chi connectivity index (χ1v) is 6.58. The van der Waals surface area contributed by atoms with E-state index in [1.54, 1.807) is 0 Å². The third-order valence-corrected chi connectivity index (χ3v) is 3.09. The fourth-order valence-electron chi connectivity index (χ4n) is 1.96. The van der Waals surface area contributed by atoms with Crippen molar-refractivity contribution in [2.75, 3.05) is 7.11 Å². The third-order valence-electron chi connectivity index (χ3n) is 3.09. The minimum Gasteiger partial charge on any atom is -0.497 e. The van der Waals surface area contributed by atoms with Crippen molar-refractivity contribution in [3.8, 4) is 11.5 Å². The van der Waals surface area contributed by atoms with Crippen LogP contribution in [0, 0.1) is 10.1 Å². The summed E-state index contributed by atoms with van der Waals surface area (Å²) >= 11 is 0. The molecule has 0 unspecified atom stereocenters. The van der Waals surface area contributed by atoms with Crippen LogP contribution in [0.1, 0.15) is 27.6 Å². The number of rotatable bonds is 5. The largest absolute Gasteiger partial charge is 0.497 e. The molecule has 118 valence electrons. The first kappa shape index (κ1) is 16.2. The van der Waals surface area contributed by atoms with Gasteiger partial charge in [0.1, 0.15) is 17.1 Å². The van der Waals surface area contributed by atoms with Crippen LogP contribution in [0.15, 0.2) is 42.5 Å². The average molecular weight is 315 g/mol. The summed E-state index contributed by atoms with van der Waals surface area (Å²) in [7, 11) is 1.44. The summed E-state index contributed by atoms with van der Waals surface area (Å²) in [5, 5.41) is 11.0. The maximum Gasteiger partial charge on any atom is 0.350 e. The molecule has 0 heterocycles. The van der Waals surface area contributed by atoms with Crippen LogP contribution < -0.4 is 9.47 Å². The van der Waals surface area contributed by atoms with Gasteiger partial charge in [0.25, 0.3) is 5.69 Å². The summed E-state index contributed by atoms with van der Waals surface area (Å²) in [6, 6.07) is 9.79. The van der Waals surface area contributed by atoms with Gasteiger partial charge >= 0.3 is 5.97 Å². The normalized spacial score (nSPS) is 10.0. The molecule has 0 N–H and O–H groups in total. The van der Waals surface area contributed by atoms with Crippen molar-refractivity contribution in [3.63, 3.8) is 0 Å². The van der Waals surface area contributed by atoms with Crippen LogP contribution in [0.2, 0.25) is 0 Å². The van der Waals surface area contributed by atoms with Crippen LogP contribution in [-0.4, -0.2) is 23.8 Å². The number of ether oxygens (including phenoxy) is 2. The molecule has 2 aromatic rings. The van der Waals surface area contributed by atoms with Gasteiger partial charge in [-0.1, -0.05) is 12.1 Å². The molecule has 0 aliphatic rings. The summed E-state index contributed by atoms with van der Waals surface area (Å²) in [6.45, 7) is 1.32. The molecule has 7 nitrogen and oxygen atoms in total. The molecular weight excluding hydrogens is 302 g/mol. The number of hydrogen-bond acceptors (Lipinski definition) is 6. The Bertz CT molecular complexity index is 784. The highest BCUT2D eigenvalue weighted by molar-refractivity contribution is 6.00. The van der Waals surface area contributed by atoms with E-state index in [0.29, 0.717) is 5.75 Å². The van der Waals surface area contributed by atoms with Crippen LogP contribution in [0.3, 0.4) is 0 Å². The number of nitro groups is 1. The molecule has 0 bridgehead atoms. The predicted molar refractivity (Wildman–Crippen MR) is 81.1 cm³/mol. The Hall–Kier alpha value is -3.22. The Labute approximate surface area is 131 Å². The number of methoxy groups -OCH3 is 1. The Morgan fingerprint density at radius 3 is 2.39 bits per heavy atom. The molecule has 0 fully saturated rings. The lowest BCUT2D eigenvalue weighted by atomic mass is 10.1. The lowest BCUT2D eigenvalue weighted by Gasteiger charge is -2.10. The second-order valence-electron chi connectivity index (χ2n) is 4.58. The van der Waals surface area contributed by atoms with E-state index in [9.17, 15) is 19.7 Å². The van der Waals surface area contributed by atoms with Crippen LogP contribution in [-0.2, 0) is 0 Å². The second kappa shape index (κ2) is 6.69. The quantitative estimate of drug-likeness (QED) is 0.277.